The van der Waals surface area contributed by atoms with Crippen LogP contribution >= 0.6 is 17.0 Å². The first-order valence-electron chi connectivity index (χ1n) is 4.28. The Morgan fingerprint density at radius 1 is 0.923 bits per heavy atom. The summed E-state index contributed by atoms with van der Waals surface area (Å²) in [4.78, 5) is 0. The summed E-state index contributed by atoms with van der Waals surface area (Å²) in [5.41, 5.74) is 6.11. The molecule has 0 atom stereocenters. The molecule has 1 rings (SSSR count). The average Bonchev–Trinajstić information content (AvgIpc) is 2.25. The van der Waals surface area contributed by atoms with E-state index in [4.69, 9.17) is 17.0 Å². The molecule has 0 radical (unpaired) electrons. The van der Waals surface area contributed by atoms with Gasteiger partial charge in [-0.2, -0.15) is 0 Å². The zero-order valence-electron chi connectivity index (χ0n) is 8.83. The van der Waals surface area contributed by atoms with Crippen LogP contribution in [0.25, 0.3) is 0 Å². The van der Waals surface area contributed by atoms with E-state index in [9.17, 15) is 0 Å². The first-order valence-corrected chi connectivity index (χ1v) is 10.6. The molecular formula is C10H16Cl2Zr. The number of hydrogen-bond donors (Lipinski definition) is 0. The van der Waals surface area contributed by atoms with E-state index in [2.05, 4.69) is 34.6 Å². The maximum absolute atomic E-state index is 4.93. The average molecular weight is 298 g/mol. The second-order valence-electron chi connectivity index (χ2n) is 3.41. The molecular weight excluding hydrogens is 282 g/mol. The Hall–Kier alpha value is 0.943. The monoisotopic (exact) mass is 296 g/mol. The van der Waals surface area contributed by atoms with E-state index in [1.165, 1.54) is 11.1 Å². The van der Waals surface area contributed by atoms with E-state index in [0.29, 0.717) is 5.92 Å². The van der Waals surface area contributed by atoms with Gasteiger partial charge in [0.25, 0.3) is 0 Å². The van der Waals surface area contributed by atoms with Crippen molar-refractivity contribution in [3.05, 3.63) is 22.3 Å². The van der Waals surface area contributed by atoms with Crippen molar-refractivity contribution in [3.8, 4) is 0 Å². The van der Waals surface area contributed by atoms with Gasteiger partial charge in [0.15, 0.2) is 0 Å². The van der Waals surface area contributed by atoms with E-state index in [-0.39, 0.29) is 0 Å². The van der Waals surface area contributed by atoms with Gasteiger partial charge in [0.1, 0.15) is 0 Å². The summed E-state index contributed by atoms with van der Waals surface area (Å²) in [6, 6.07) is 0. The zero-order chi connectivity index (χ0) is 10.6. The Kier molecular flexibility index (Phi) is 6.90. The van der Waals surface area contributed by atoms with Gasteiger partial charge in [-0.3, -0.25) is 0 Å². The van der Waals surface area contributed by atoms with Crippen molar-refractivity contribution < 1.29 is 20.8 Å². The van der Waals surface area contributed by atoms with Crippen LogP contribution in [0.2, 0.25) is 0 Å². The van der Waals surface area contributed by atoms with E-state index in [1.54, 1.807) is 11.1 Å². The van der Waals surface area contributed by atoms with Crippen LogP contribution in [0, 0.1) is 5.92 Å². The normalized spacial score (nSPS) is 17.5. The topological polar surface area (TPSA) is 0 Å². The van der Waals surface area contributed by atoms with E-state index >= 15 is 0 Å². The fourth-order valence-electron chi connectivity index (χ4n) is 1.57. The van der Waals surface area contributed by atoms with Gasteiger partial charge in [-0.1, -0.05) is 18.1 Å². The standard InChI is InChI=1S/C10H16.2ClH.Zr/c1-6-7(2)9(4)10(5)8(6)3;;;/h6H,1-5H3;2*1H;/q;;;+2/p-2. The second kappa shape index (κ2) is 6.43. The van der Waals surface area contributed by atoms with Gasteiger partial charge in [0.05, 0.1) is 0 Å². The fraction of sp³-hybridized carbons (Fsp3) is 0.600. The third-order valence-electron chi connectivity index (χ3n) is 3.04. The van der Waals surface area contributed by atoms with Crippen LogP contribution in [-0.4, -0.2) is 0 Å². The van der Waals surface area contributed by atoms with Crippen molar-refractivity contribution in [3.63, 3.8) is 0 Å². The van der Waals surface area contributed by atoms with Crippen molar-refractivity contribution in [1.29, 1.82) is 0 Å². The Morgan fingerprint density at radius 2 is 1.15 bits per heavy atom. The van der Waals surface area contributed by atoms with Crippen LogP contribution < -0.4 is 0 Å². The van der Waals surface area contributed by atoms with E-state index < -0.39 is 20.8 Å². The van der Waals surface area contributed by atoms with Crippen LogP contribution in [0.3, 0.4) is 0 Å². The summed E-state index contributed by atoms with van der Waals surface area (Å²) in [6.45, 7) is 11.2. The Balaban J connectivity index is 0.000000424. The van der Waals surface area contributed by atoms with E-state index in [1.807, 2.05) is 0 Å². The molecule has 0 unspecified atom stereocenters. The molecule has 0 saturated carbocycles. The van der Waals surface area contributed by atoms with Gasteiger partial charge in [-0.25, -0.2) is 0 Å². The van der Waals surface area contributed by atoms with Gasteiger partial charge < -0.3 is 0 Å². The molecule has 0 amide bonds. The number of allylic oxidation sites excluding steroid dienone is 4. The molecule has 0 N–H and O–H groups in total. The summed E-state index contributed by atoms with van der Waals surface area (Å²) in [5.74, 6) is 0.694. The molecule has 0 saturated heterocycles. The zero-order valence-corrected chi connectivity index (χ0v) is 12.8. The summed E-state index contributed by atoms with van der Waals surface area (Å²) in [5, 5.41) is 0. The third-order valence-corrected chi connectivity index (χ3v) is 3.04. The predicted octanol–water partition coefficient (Wildman–Crippen LogP) is 4.69. The van der Waals surface area contributed by atoms with Crippen molar-refractivity contribution in [1.82, 2.24) is 0 Å². The van der Waals surface area contributed by atoms with Crippen LogP contribution in [0.1, 0.15) is 34.6 Å². The molecule has 0 spiro atoms. The molecule has 3 heteroatoms. The van der Waals surface area contributed by atoms with Gasteiger partial charge in [-0.05, 0) is 44.8 Å². The van der Waals surface area contributed by atoms with Crippen molar-refractivity contribution in [2.75, 3.05) is 0 Å². The molecule has 0 aromatic rings. The molecule has 13 heavy (non-hydrogen) atoms. The molecule has 0 fully saturated rings. The van der Waals surface area contributed by atoms with Crippen molar-refractivity contribution in [2.24, 2.45) is 5.92 Å². The van der Waals surface area contributed by atoms with Crippen molar-refractivity contribution >= 4 is 17.0 Å². The predicted molar refractivity (Wildman–Crippen MR) is 57.6 cm³/mol. The molecule has 0 aromatic heterocycles. The molecule has 1 aliphatic carbocycles. The molecule has 0 aromatic carbocycles. The Bertz CT molecular complexity index is 217. The SMILES string of the molecule is CC1=C(C)C(C)C(C)=C1C.[Cl][Zr][Cl]. The Morgan fingerprint density at radius 3 is 1.23 bits per heavy atom. The number of hydrogen-bond acceptors (Lipinski definition) is 0. The van der Waals surface area contributed by atoms with Crippen LogP contribution in [0.5, 0.6) is 0 Å². The van der Waals surface area contributed by atoms with Crippen molar-refractivity contribution in [2.45, 2.75) is 34.6 Å². The quantitative estimate of drug-likeness (QED) is 0.609. The van der Waals surface area contributed by atoms with Gasteiger partial charge >= 0.3 is 37.9 Å². The van der Waals surface area contributed by atoms with Crippen LogP contribution in [0.15, 0.2) is 22.3 Å². The van der Waals surface area contributed by atoms with Crippen LogP contribution in [0.4, 0.5) is 0 Å². The van der Waals surface area contributed by atoms with Gasteiger partial charge in [0.2, 0.25) is 0 Å². The molecule has 0 heterocycles. The Labute approximate surface area is 100 Å². The molecule has 74 valence electrons. The first-order chi connectivity index (χ1) is 5.97. The minimum atomic E-state index is -0.826. The number of rotatable bonds is 0. The summed E-state index contributed by atoms with van der Waals surface area (Å²) in [6.07, 6.45) is 0. The molecule has 0 aliphatic heterocycles. The molecule has 0 bridgehead atoms. The van der Waals surface area contributed by atoms with Gasteiger partial charge in [-0.15, -0.1) is 0 Å². The molecule has 0 nitrogen and oxygen atoms in total. The first kappa shape index (κ1) is 13.9. The number of halogens is 2. The summed E-state index contributed by atoms with van der Waals surface area (Å²) < 4.78 is 0. The molecule has 1 aliphatic rings. The third kappa shape index (κ3) is 3.53. The van der Waals surface area contributed by atoms with Gasteiger partial charge in [0, 0.05) is 0 Å². The maximum atomic E-state index is 4.93. The minimum absolute atomic E-state index is 0.694. The van der Waals surface area contributed by atoms with E-state index in [0.717, 1.165) is 0 Å². The summed E-state index contributed by atoms with van der Waals surface area (Å²) in [7, 11) is 9.87. The second-order valence-corrected chi connectivity index (χ2v) is 7.14. The van der Waals surface area contributed by atoms with Crippen LogP contribution in [-0.2, 0) is 20.8 Å². The summed E-state index contributed by atoms with van der Waals surface area (Å²) >= 11 is -0.826. The fourth-order valence-corrected chi connectivity index (χ4v) is 1.57.